The Bertz CT molecular complexity index is 269. The molecule has 0 saturated heterocycles. The van der Waals surface area contributed by atoms with Gasteiger partial charge in [-0.2, -0.15) is 0 Å². The molecule has 4 heteroatoms. The molecule has 72 valence electrons. The van der Waals surface area contributed by atoms with Crippen molar-refractivity contribution in [2.24, 2.45) is 0 Å². The molecule has 1 rings (SSSR count). The fourth-order valence-electron chi connectivity index (χ4n) is 1.19. The summed E-state index contributed by atoms with van der Waals surface area (Å²) >= 11 is 11.5. The van der Waals surface area contributed by atoms with Crippen molar-refractivity contribution in [2.75, 3.05) is 0 Å². The van der Waals surface area contributed by atoms with Gasteiger partial charge in [0.25, 0.3) is 0 Å². The van der Waals surface area contributed by atoms with E-state index in [1.165, 1.54) is 0 Å². The van der Waals surface area contributed by atoms with E-state index < -0.39 is 0 Å². The average Bonchev–Trinajstić information content (AvgIpc) is 2.03. The minimum absolute atomic E-state index is 0.321. The zero-order valence-corrected chi connectivity index (χ0v) is 9.23. The van der Waals surface area contributed by atoms with Gasteiger partial charge in [-0.25, -0.2) is 9.97 Å². The van der Waals surface area contributed by atoms with E-state index in [1.54, 1.807) is 6.07 Å². The molecule has 0 saturated carbocycles. The lowest BCUT2D eigenvalue weighted by atomic mass is 10.1. The maximum atomic E-state index is 5.76. The van der Waals surface area contributed by atoms with Gasteiger partial charge < -0.3 is 0 Å². The van der Waals surface area contributed by atoms with Gasteiger partial charge in [-0.05, 0) is 6.42 Å². The van der Waals surface area contributed by atoms with Gasteiger partial charge >= 0.3 is 0 Å². The Labute approximate surface area is 88.3 Å². The molecule has 1 aromatic heterocycles. The minimum atomic E-state index is 0.321. The van der Waals surface area contributed by atoms with Crippen LogP contribution in [0.25, 0.3) is 0 Å². The molecule has 0 radical (unpaired) electrons. The fourth-order valence-corrected chi connectivity index (χ4v) is 1.62. The lowest BCUT2D eigenvalue weighted by molar-refractivity contribution is 0.626. The van der Waals surface area contributed by atoms with E-state index in [9.17, 15) is 0 Å². The van der Waals surface area contributed by atoms with Gasteiger partial charge in [0, 0.05) is 12.0 Å². The van der Waals surface area contributed by atoms with Gasteiger partial charge in [0.15, 0.2) is 0 Å². The van der Waals surface area contributed by atoms with E-state index >= 15 is 0 Å². The monoisotopic (exact) mass is 218 g/mol. The summed E-state index contributed by atoms with van der Waals surface area (Å²) in [6, 6.07) is 1.55. The van der Waals surface area contributed by atoms with Gasteiger partial charge in [-0.1, -0.05) is 43.5 Å². The first-order valence-electron chi connectivity index (χ1n) is 4.33. The average molecular weight is 219 g/mol. The number of nitrogens with zero attached hydrogens (tertiary/aromatic N) is 2. The molecular formula is C9H12Cl2N2. The van der Waals surface area contributed by atoms with Crippen LogP contribution in [0.15, 0.2) is 6.07 Å². The highest BCUT2D eigenvalue weighted by Gasteiger charge is 2.09. The quantitative estimate of drug-likeness (QED) is 0.724. The molecule has 13 heavy (non-hydrogen) atoms. The summed E-state index contributed by atoms with van der Waals surface area (Å²) in [4.78, 5) is 8.24. The first-order valence-corrected chi connectivity index (χ1v) is 5.09. The predicted octanol–water partition coefficient (Wildman–Crippen LogP) is 3.69. The Balaban J connectivity index is 2.87. The molecule has 0 aliphatic heterocycles. The van der Waals surface area contributed by atoms with E-state index in [-0.39, 0.29) is 0 Å². The van der Waals surface area contributed by atoms with Crippen molar-refractivity contribution >= 4 is 23.2 Å². The molecule has 0 aromatic carbocycles. The number of hydrogen-bond acceptors (Lipinski definition) is 2. The Kier molecular flexibility index (Phi) is 3.94. The van der Waals surface area contributed by atoms with Crippen molar-refractivity contribution in [1.82, 2.24) is 9.97 Å². The molecule has 1 atom stereocenters. The normalized spacial score (nSPS) is 12.9. The molecule has 0 spiro atoms. The molecule has 0 aliphatic rings. The summed E-state index contributed by atoms with van der Waals surface area (Å²) in [6.45, 7) is 4.20. The summed E-state index contributed by atoms with van der Waals surface area (Å²) in [6.07, 6.45) is 2.16. The van der Waals surface area contributed by atoms with E-state index in [0.29, 0.717) is 16.2 Å². The standard InChI is InChI=1S/C9H12Cl2N2/c1-3-4-6(2)9-12-7(10)5-8(11)13-9/h5-6H,3-4H2,1-2H3. The van der Waals surface area contributed by atoms with E-state index in [0.717, 1.165) is 18.7 Å². The van der Waals surface area contributed by atoms with Gasteiger partial charge in [0.2, 0.25) is 0 Å². The summed E-state index contributed by atoms with van der Waals surface area (Å²) in [7, 11) is 0. The lowest BCUT2D eigenvalue weighted by Crippen LogP contribution is -2.00. The number of hydrogen-bond donors (Lipinski definition) is 0. The van der Waals surface area contributed by atoms with Gasteiger partial charge in [-0.3, -0.25) is 0 Å². The molecule has 2 nitrogen and oxygen atoms in total. The summed E-state index contributed by atoms with van der Waals surface area (Å²) in [5.74, 6) is 1.06. The van der Waals surface area contributed by atoms with E-state index in [1.807, 2.05) is 0 Å². The third-order valence-corrected chi connectivity index (χ3v) is 2.23. The zero-order valence-electron chi connectivity index (χ0n) is 7.72. The maximum Gasteiger partial charge on any atom is 0.134 e. The van der Waals surface area contributed by atoms with Crippen LogP contribution in [-0.2, 0) is 0 Å². The first kappa shape index (κ1) is 10.7. The Morgan fingerprint density at radius 3 is 2.31 bits per heavy atom. The summed E-state index contributed by atoms with van der Waals surface area (Å²) in [5, 5.41) is 0.830. The second kappa shape index (κ2) is 4.77. The van der Waals surface area contributed by atoms with Crippen LogP contribution in [0.4, 0.5) is 0 Å². The van der Waals surface area contributed by atoms with Crippen LogP contribution >= 0.6 is 23.2 Å². The van der Waals surface area contributed by atoms with Crippen LogP contribution in [0.5, 0.6) is 0 Å². The van der Waals surface area contributed by atoms with E-state index in [2.05, 4.69) is 23.8 Å². The van der Waals surface area contributed by atoms with Crippen LogP contribution in [0.2, 0.25) is 10.3 Å². The second-order valence-corrected chi connectivity index (χ2v) is 3.84. The second-order valence-electron chi connectivity index (χ2n) is 3.06. The molecule has 1 aromatic rings. The fraction of sp³-hybridized carbons (Fsp3) is 0.556. The largest absolute Gasteiger partial charge is 0.221 e. The smallest absolute Gasteiger partial charge is 0.134 e. The van der Waals surface area contributed by atoms with Gasteiger partial charge in [-0.15, -0.1) is 0 Å². The van der Waals surface area contributed by atoms with Gasteiger partial charge in [0.05, 0.1) is 0 Å². The van der Waals surface area contributed by atoms with Crippen molar-refractivity contribution in [3.05, 3.63) is 22.2 Å². The maximum absolute atomic E-state index is 5.76. The van der Waals surface area contributed by atoms with Crippen molar-refractivity contribution in [3.8, 4) is 0 Å². The Morgan fingerprint density at radius 1 is 1.31 bits per heavy atom. The van der Waals surface area contributed by atoms with Crippen LogP contribution < -0.4 is 0 Å². The summed E-state index contributed by atoms with van der Waals surface area (Å²) < 4.78 is 0. The SMILES string of the molecule is CCCC(C)c1nc(Cl)cc(Cl)n1. The Hall–Kier alpha value is -0.340. The number of halogens is 2. The van der Waals surface area contributed by atoms with Crippen molar-refractivity contribution in [1.29, 1.82) is 0 Å². The molecule has 0 aliphatic carbocycles. The van der Waals surface area contributed by atoms with Crippen molar-refractivity contribution < 1.29 is 0 Å². The molecule has 0 fully saturated rings. The molecule has 1 unspecified atom stereocenters. The highest BCUT2D eigenvalue weighted by molar-refractivity contribution is 6.33. The number of aromatic nitrogens is 2. The number of rotatable bonds is 3. The van der Waals surface area contributed by atoms with Crippen molar-refractivity contribution in [2.45, 2.75) is 32.6 Å². The van der Waals surface area contributed by atoms with Crippen LogP contribution in [0, 0.1) is 0 Å². The Morgan fingerprint density at radius 2 is 1.85 bits per heavy atom. The zero-order chi connectivity index (χ0) is 9.84. The minimum Gasteiger partial charge on any atom is -0.221 e. The van der Waals surface area contributed by atoms with Crippen LogP contribution in [0.1, 0.15) is 38.4 Å². The van der Waals surface area contributed by atoms with Gasteiger partial charge in [0.1, 0.15) is 16.1 Å². The first-order chi connectivity index (χ1) is 6.13. The lowest BCUT2D eigenvalue weighted by Gasteiger charge is -2.08. The third kappa shape index (κ3) is 3.12. The topological polar surface area (TPSA) is 25.8 Å². The highest BCUT2D eigenvalue weighted by Crippen LogP contribution is 2.20. The van der Waals surface area contributed by atoms with Crippen molar-refractivity contribution in [3.63, 3.8) is 0 Å². The molecule has 1 heterocycles. The molecule has 0 bridgehead atoms. The molecule has 0 amide bonds. The molecule has 0 N–H and O–H groups in total. The van der Waals surface area contributed by atoms with Crippen LogP contribution in [0.3, 0.4) is 0 Å². The highest BCUT2D eigenvalue weighted by atomic mass is 35.5. The summed E-state index contributed by atoms with van der Waals surface area (Å²) in [5.41, 5.74) is 0. The predicted molar refractivity (Wildman–Crippen MR) is 55.4 cm³/mol. The van der Waals surface area contributed by atoms with E-state index in [4.69, 9.17) is 23.2 Å². The third-order valence-electron chi connectivity index (χ3n) is 1.84. The van der Waals surface area contributed by atoms with Crippen LogP contribution in [-0.4, -0.2) is 9.97 Å². The molecular weight excluding hydrogens is 207 g/mol.